The van der Waals surface area contributed by atoms with Crippen molar-refractivity contribution in [3.8, 4) is 0 Å². The molecule has 2 atom stereocenters. The van der Waals surface area contributed by atoms with Gasteiger partial charge in [-0.3, -0.25) is 9.59 Å². The molecule has 1 heterocycles. The van der Waals surface area contributed by atoms with E-state index in [0.29, 0.717) is 12.5 Å². The number of carbonyl (C=O) groups excluding carboxylic acids is 2. The SMILES string of the molecule is CN1C(=O)CC[C@]2(C(=O)NC3CCCCC3)CCCC[C@@H]12. The quantitative estimate of drug-likeness (QED) is 0.850. The second kappa shape index (κ2) is 5.98. The smallest absolute Gasteiger partial charge is 0.228 e. The number of piperidine rings is 1. The van der Waals surface area contributed by atoms with Crippen LogP contribution in [0.3, 0.4) is 0 Å². The molecule has 1 N–H and O–H groups in total. The minimum Gasteiger partial charge on any atom is -0.353 e. The Bertz CT molecular complexity index is 417. The van der Waals surface area contributed by atoms with Gasteiger partial charge in [-0.1, -0.05) is 32.1 Å². The summed E-state index contributed by atoms with van der Waals surface area (Å²) in [5.74, 6) is 0.446. The van der Waals surface area contributed by atoms with Gasteiger partial charge < -0.3 is 10.2 Å². The largest absolute Gasteiger partial charge is 0.353 e. The molecule has 3 rings (SSSR count). The second-order valence-electron chi connectivity index (χ2n) is 7.23. The first-order valence-corrected chi connectivity index (χ1v) is 8.70. The molecule has 118 valence electrons. The van der Waals surface area contributed by atoms with E-state index in [1.54, 1.807) is 0 Å². The molecule has 3 aliphatic rings. The van der Waals surface area contributed by atoms with Crippen molar-refractivity contribution < 1.29 is 9.59 Å². The number of carbonyl (C=O) groups is 2. The van der Waals surface area contributed by atoms with Gasteiger partial charge in [-0.05, 0) is 32.1 Å². The average Bonchev–Trinajstić information content (AvgIpc) is 2.52. The predicted molar refractivity (Wildman–Crippen MR) is 81.7 cm³/mol. The first-order valence-electron chi connectivity index (χ1n) is 8.70. The standard InChI is InChI=1S/C17H28N2O2/c1-19-14-9-5-6-11-17(14,12-10-15(19)20)16(21)18-13-7-3-2-4-8-13/h13-14H,2-12H2,1H3,(H,18,21)/t14-,17-/m1/s1. The lowest BCUT2D eigenvalue weighted by Gasteiger charge is -2.50. The highest BCUT2D eigenvalue weighted by Crippen LogP contribution is 2.46. The van der Waals surface area contributed by atoms with Gasteiger partial charge in [0.05, 0.1) is 5.41 Å². The van der Waals surface area contributed by atoms with E-state index in [4.69, 9.17) is 0 Å². The Morgan fingerprint density at radius 3 is 2.57 bits per heavy atom. The summed E-state index contributed by atoms with van der Waals surface area (Å²) < 4.78 is 0. The maximum atomic E-state index is 13.0. The molecule has 2 saturated carbocycles. The summed E-state index contributed by atoms with van der Waals surface area (Å²) in [4.78, 5) is 26.9. The molecule has 2 aliphatic carbocycles. The fourth-order valence-corrected chi connectivity index (χ4v) is 4.71. The summed E-state index contributed by atoms with van der Waals surface area (Å²) in [5.41, 5.74) is -0.307. The highest BCUT2D eigenvalue weighted by molar-refractivity contribution is 5.88. The molecule has 21 heavy (non-hydrogen) atoms. The molecule has 0 aromatic rings. The lowest BCUT2D eigenvalue weighted by atomic mass is 9.64. The van der Waals surface area contributed by atoms with Gasteiger partial charge in [0.1, 0.15) is 0 Å². The zero-order chi connectivity index (χ0) is 14.9. The molecule has 4 heteroatoms. The van der Waals surface area contributed by atoms with Crippen LogP contribution in [0.4, 0.5) is 0 Å². The van der Waals surface area contributed by atoms with Gasteiger partial charge >= 0.3 is 0 Å². The van der Waals surface area contributed by atoms with E-state index >= 15 is 0 Å². The topological polar surface area (TPSA) is 49.4 Å². The van der Waals surface area contributed by atoms with Crippen LogP contribution < -0.4 is 5.32 Å². The van der Waals surface area contributed by atoms with E-state index in [-0.39, 0.29) is 23.3 Å². The second-order valence-corrected chi connectivity index (χ2v) is 7.23. The molecule has 0 unspecified atom stereocenters. The van der Waals surface area contributed by atoms with E-state index in [1.165, 1.54) is 19.3 Å². The maximum absolute atomic E-state index is 13.0. The molecule has 0 radical (unpaired) electrons. The first kappa shape index (κ1) is 14.9. The monoisotopic (exact) mass is 292 g/mol. The van der Waals surface area contributed by atoms with Crippen molar-refractivity contribution in [1.82, 2.24) is 10.2 Å². The summed E-state index contributed by atoms with van der Waals surface area (Å²) in [7, 11) is 1.89. The Labute approximate surface area is 127 Å². The molecule has 3 fully saturated rings. The molecule has 0 aromatic heterocycles. The van der Waals surface area contributed by atoms with Crippen molar-refractivity contribution in [1.29, 1.82) is 0 Å². The van der Waals surface area contributed by atoms with Gasteiger partial charge in [0, 0.05) is 25.6 Å². The minimum absolute atomic E-state index is 0.121. The Balaban J connectivity index is 1.75. The molecule has 0 spiro atoms. The van der Waals surface area contributed by atoms with Crippen molar-refractivity contribution in [2.45, 2.75) is 82.7 Å². The van der Waals surface area contributed by atoms with Crippen LogP contribution in [0.2, 0.25) is 0 Å². The van der Waals surface area contributed by atoms with Crippen LogP contribution in [0.25, 0.3) is 0 Å². The zero-order valence-corrected chi connectivity index (χ0v) is 13.2. The van der Waals surface area contributed by atoms with E-state index in [0.717, 1.165) is 44.9 Å². The van der Waals surface area contributed by atoms with Crippen molar-refractivity contribution in [3.05, 3.63) is 0 Å². The number of nitrogens with zero attached hydrogens (tertiary/aromatic N) is 1. The molecular weight excluding hydrogens is 264 g/mol. The fourth-order valence-electron chi connectivity index (χ4n) is 4.71. The van der Waals surface area contributed by atoms with Gasteiger partial charge in [-0.2, -0.15) is 0 Å². The number of nitrogens with one attached hydrogen (secondary N) is 1. The molecule has 1 saturated heterocycles. The molecule has 4 nitrogen and oxygen atoms in total. The van der Waals surface area contributed by atoms with Crippen molar-refractivity contribution >= 4 is 11.8 Å². The summed E-state index contributed by atoms with van der Waals surface area (Å²) in [5, 5.41) is 3.34. The Morgan fingerprint density at radius 2 is 1.81 bits per heavy atom. The summed E-state index contributed by atoms with van der Waals surface area (Å²) in [6.45, 7) is 0. The highest BCUT2D eigenvalue weighted by atomic mass is 16.2. The van der Waals surface area contributed by atoms with Gasteiger partial charge in [0.25, 0.3) is 0 Å². The summed E-state index contributed by atoms with van der Waals surface area (Å²) in [6.07, 6.45) is 11.5. The van der Waals surface area contributed by atoms with Gasteiger partial charge in [-0.15, -0.1) is 0 Å². The third-order valence-corrected chi connectivity index (χ3v) is 6.03. The third kappa shape index (κ3) is 2.69. The molecule has 1 aliphatic heterocycles. The highest BCUT2D eigenvalue weighted by Gasteiger charge is 2.52. The number of hydrogen-bond donors (Lipinski definition) is 1. The molecular formula is C17H28N2O2. The van der Waals surface area contributed by atoms with Gasteiger partial charge in [0.15, 0.2) is 0 Å². The summed E-state index contributed by atoms with van der Waals surface area (Å²) in [6, 6.07) is 0.488. The Kier molecular flexibility index (Phi) is 4.23. The molecule has 2 amide bonds. The number of likely N-dealkylation sites (tertiary alicyclic amines) is 1. The molecule has 0 bridgehead atoms. The molecule has 0 aromatic carbocycles. The minimum atomic E-state index is -0.307. The van der Waals surface area contributed by atoms with Crippen LogP contribution in [0.1, 0.15) is 70.6 Å². The van der Waals surface area contributed by atoms with E-state index in [2.05, 4.69) is 5.32 Å². The lowest BCUT2D eigenvalue weighted by molar-refractivity contribution is -0.153. The van der Waals surface area contributed by atoms with E-state index in [9.17, 15) is 9.59 Å². The van der Waals surface area contributed by atoms with Gasteiger partial charge in [0.2, 0.25) is 11.8 Å². The predicted octanol–water partition coefficient (Wildman–Crippen LogP) is 2.62. The normalized spacial score (nSPS) is 34.4. The van der Waals surface area contributed by atoms with Crippen molar-refractivity contribution in [3.63, 3.8) is 0 Å². The Morgan fingerprint density at radius 1 is 1.10 bits per heavy atom. The van der Waals surface area contributed by atoms with E-state index < -0.39 is 0 Å². The van der Waals surface area contributed by atoms with Crippen molar-refractivity contribution in [2.75, 3.05) is 7.05 Å². The lowest BCUT2D eigenvalue weighted by Crippen LogP contribution is -2.61. The van der Waals surface area contributed by atoms with E-state index in [1.807, 2.05) is 11.9 Å². The zero-order valence-electron chi connectivity index (χ0n) is 13.2. The summed E-state index contributed by atoms with van der Waals surface area (Å²) >= 11 is 0. The fraction of sp³-hybridized carbons (Fsp3) is 0.882. The van der Waals surface area contributed by atoms with Crippen LogP contribution in [-0.2, 0) is 9.59 Å². The number of fused-ring (bicyclic) bond motifs is 1. The van der Waals surface area contributed by atoms with Gasteiger partial charge in [-0.25, -0.2) is 0 Å². The number of amides is 2. The number of rotatable bonds is 2. The Hall–Kier alpha value is -1.06. The van der Waals surface area contributed by atoms with Crippen LogP contribution in [0.5, 0.6) is 0 Å². The van der Waals surface area contributed by atoms with Crippen LogP contribution in [0, 0.1) is 5.41 Å². The average molecular weight is 292 g/mol. The van der Waals surface area contributed by atoms with Crippen LogP contribution >= 0.6 is 0 Å². The van der Waals surface area contributed by atoms with Crippen LogP contribution in [0.15, 0.2) is 0 Å². The third-order valence-electron chi connectivity index (χ3n) is 6.03. The maximum Gasteiger partial charge on any atom is 0.228 e. The number of hydrogen-bond acceptors (Lipinski definition) is 2. The van der Waals surface area contributed by atoms with Crippen molar-refractivity contribution in [2.24, 2.45) is 5.41 Å². The first-order chi connectivity index (χ1) is 10.1. The van der Waals surface area contributed by atoms with Crippen LogP contribution in [-0.4, -0.2) is 35.8 Å².